The van der Waals surface area contributed by atoms with Gasteiger partial charge in [-0.05, 0) is 22.6 Å². The normalized spacial score (nSPS) is 10.5. The van der Waals surface area contributed by atoms with Gasteiger partial charge in [-0.1, -0.05) is 0 Å². The number of alkyl halides is 2. The van der Waals surface area contributed by atoms with Crippen LogP contribution in [0.1, 0.15) is 22.5 Å². The van der Waals surface area contributed by atoms with Crippen LogP contribution in [-0.4, -0.2) is 11.3 Å². The second-order valence-electron chi connectivity index (χ2n) is 2.24. The van der Waals surface area contributed by atoms with Crippen molar-refractivity contribution in [2.45, 2.75) is 6.43 Å². The molecule has 1 aromatic rings. The largest absolute Gasteiger partial charge is 0.397 e. The number of pyridine rings is 1. The lowest BCUT2D eigenvalue weighted by Gasteiger charge is -2.06. The molecule has 0 atom stereocenters. The van der Waals surface area contributed by atoms with Crippen LogP contribution in [0.3, 0.4) is 0 Å². The van der Waals surface area contributed by atoms with Gasteiger partial charge >= 0.3 is 0 Å². The molecular formula is C7H5F2IN2O. The van der Waals surface area contributed by atoms with Gasteiger partial charge in [0.15, 0.2) is 6.29 Å². The van der Waals surface area contributed by atoms with Crippen LogP contribution in [0.25, 0.3) is 0 Å². The SMILES string of the molecule is Nc1cnc(C(F)F)c(C=O)c1I. The number of hydrogen-bond donors (Lipinski definition) is 1. The summed E-state index contributed by atoms with van der Waals surface area (Å²) < 4.78 is 24.8. The number of halogens is 3. The molecule has 0 aromatic carbocycles. The van der Waals surface area contributed by atoms with Crippen LogP contribution >= 0.6 is 22.6 Å². The minimum atomic E-state index is -2.76. The molecule has 0 aliphatic heterocycles. The number of hydrogen-bond acceptors (Lipinski definition) is 3. The molecule has 0 aliphatic carbocycles. The number of nitrogens with two attached hydrogens (primary N) is 1. The van der Waals surface area contributed by atoms with Gasteiger partial charge in [0.25, 0.3) is 6.43 Å². The monoisotopic (exact) mass is 298 g/mol. The molecule has 3 nitrogen and oxygen atoms in total. The number of aromatic nitrogens is 1. The lowest BCUT2D eigenvalue weighted by Crippen LogP contribution is -2.03. The molecule has 0 fully saturated rings. The van der Waals surface area contributed by atoms with Crippen LogP contribution in [0.5, 0.6) is 0 Å². The molecule has 0 unspecified atom stereocenters. The van der Waals surface area contributed by atoms with E-state index in [9.17, 15) is 13.6 Å². The predicted molar refractivity (Wildman–Crippen MR) is 51.7 cm³/mol. The van der Waals surface area contributed by atoms with Gasteiger partial charge in [0.2, 0.25) is 0 Å². The molecule has 0 saturated heterocycles. The van der Waals surface area contributed by atoms with Gasteiger partial charge in [-0.15, -0.1) is 0 Å². The summed E-state index contributed by atoms with van der Waals surface area (Å²) in [6.45, 7) is 0. The fourth-order valence-electron chi connectivity index (χ4n) is 0.819. The lowest BCUT2D eigenvalue weighted by molar-refractivity contribution is 0.110. The second-order valence-corrected chi connectivity index (χ2v) is 3.32. The van der Waals surface area contributed by atoms with Gasteiger partial charge in [-0.25, -0.2) is 8.78 Å². The Bertz CT molecular complexity index is 344. The average Bonchev–Trinajstić information content (AvgIpc) is 2.09. The van der Waals surface area contributed by atoms with E-state index in [0.29, 0.717) is 9.86 Å². The number of aldehydes is 1. The van der Waals surface area contributed by atoms with E-state index in [4.69, 9.17) is 5.73 Å². The molecule has 0 aliphatic rings. The molecule has 0 spiro atoms. The van der Waals surface area contributed by atoms with Gasteiger partial charge in [-0.3, -0.25) is 9.78 Å². The molecule has 0 bridgehead atoms. The average molecular weight is 298 g/mol. The van der Waals surface area contributed by atoms with Gasteiger partial charge in [-0.2, -0.15) is 0 Å². The summed E-state index contributed by atoms with van der Waals surface area (Å²) >= 11 is 1.73. The summed E-state index contributed by atoms with van der Waals surface area (Å²) in [5.74, 6) is 0. The van der Waals surface area contributed by atoms with Crippen molar-refractivity contribution in [3.05, 3.63) is 21.0 Å². The molecule has 70 valence electrons. The molecule has 6 heteroatoms. The van der Waals surface area contributed by atoms with Crippen LogP contribution in [0.2, 0.25) is 0 Å². The summed E-state index contributed by atoms with van der Waals surface area (Å²) in [6.07, 6.45) is -1.29. The predicted octanol–water partition coefficient (Wildman–Crippen LogP) is 2.02. The highest BCUT2D eigenvalue weighted by atomic mass is 127. The molecule has 2 N–H and O–H groups in total. The lowest BCUT2D eigenvalue weighted by atomic mass is 10.2. The van der Waals surface area contributed by atoms with Crippen molar-refractivity contribution < 1.29 is 13.6 Å². The Morgan fingerprint density at radius 2 is 2.23 bits per heavy atom. The highest BCUT2D eigenvalue weighted by Crippen LogP contribution is 2.26. The number of carbonyl (C=O) groups excluding carboxylic acids is 1. The van der Waals surface area contributed by atoms with Crippen LogP contribution in [0.15, 0.2) is 6.20 Å². The summed E-state index contributed by atoms with van der Waals surface area (Å²) in [6, 6.07) is 0. The summed E-state index contributed by atoms with van der Waals surface area (Å²) in [5.41, 5.74) is 4.97. The molecule has 1 rings (SSSR count). The molecule has 0 saturated carbocycles. The first kappa shape index (κ1) is 10.3. The van der Waals surface area contributed by atoms with Crippen molar-refractivity contribution in [3.8, 4) is 0 Å². The maximum absolute atomic E-state index is 12.3. The van der Waals surface area contributed by atoms with E-state index in [1.54, 1.807) is 22.6 Å². The van der Waals surface area contributed by atoms with Crippen molar-refractivity contribution >= 4 is 34.6 Å². The first-order valence-electron chi connectivity index (χ1n) is 3.25. The van der Waals surface area contributed by atoms with E-state index in [1.807, 2.05) is 0 Å². The highest BCUT2D eigenvalue weighted by molar-refractivity contribution is 14.1. The quantitative estimate of drug-likeness (QED) is 0.671. The number of nitrogens with zero attached hydrogens (tertiary/aromatic N) is 1. The molecule has 0 radical (unpaired) electrons. The third-order valence-corrected chi connectivity index (χ3v) is 2.64. The van der Waals surface area contributed by atoms with E-state index in [-0.39, 0.29) is 11.3 Å². The van der Waals surface area contributed by atoms with Gasteiger partial charge in [0.1, 0.15) is 5.69 Å². The maximum Gasteiger partial charge on any atom is 0.281 e. The van der Waals surface area contributed by atoms with Crippen molar-refractivity contribution in [2.24, 2.45) is 0 Å². The standard InChI is InChI=1S/C7H5F2IN2O/c8-7(9)6-3(2-13)5(10)4(11)1-12-6/h1-2,7H,11H2. The van der Waals surface area contributed by atoms with Crippen molar-refractivity contribution in [3.63, 3.8) is 0 Å². The zero-order chi connectivity index (χ0) is 10.0. The van der Waals surface area contributed by atoms with Crippen LogP contribution in [0, 0.1) is 3.57 Å². The maximum atomic E-state index is 12.3. The second kappa shape index (κ2) is 3.95. The molecular weight excluding hydrogens is 293 g/mol. The fraction of sp³-hybridized carbons (Fsp3) is 0.143. The number of carbonyl (C=O) groups is 1. The first-order valence-corrected chi connectivity index (χ1v) is 4.33. The smallest absolute Gasteiger partial charge is 0.281 e. The van der Waals surface area contributed by atoms with Crippen molar-refractivity contribution in [2.75, 3.05) is 5.73 Å². The number of nitrogen functional groups attached to an aromatic ring is 1. The Hall–Kier alpha value is -0.790. The van der Waals surface area contributed by atoms with Crippen molar-refractivity contribution in [1.29, 1.82) is 0 Å². The molecule has 0 amide bonds. The Kier molecular flexibility index (Phi) is 3.12. The topological polar surface area (TPSA) is 56.0 Å². The van der Waals surface area contributed by atoms with Crippen LogP contribution < -0.4 is 5.73 Å². The first-order chi connectivity index (χ1) is 6.07. The third-order valence-electron chi connectivity index (χ3n) is 1.43. The van der Waals surface area contributed by atoms with Gasteiger partial charge < -0.3 is 5.73 Å². The summed E-state index contributed by atoms with van der Waals surface area (Å²) in [7, 11) is 0. The van der Waals surface area contributed by atoms with Gasteiger partial charge in [0.05, 0.1) is 21.0 Å². The Morgan fingerprint density at radius 1 is 1.62 bits per heavy atom. The Balaban J connectivity index is 3.38. The third kappa shape index (κ3) is 1.93. The van der Waals surface area contributed by atoms with Crippen LogP contribution in [0.4, 0.5) is 14.5 Å². The highest BCUT2D eigenvalue weighted by Gasteiger charge is 2.18. The molecule has 1 aromatic heterocycles. The van der Waals surface area contributed by atoms with E-state index in [0.717, 1.165) is 6.20 Å². The Labute approximate surface area is 86.5 Å². The van der Waals surface area contributed by atoms with Crippen LogP contribution in [-0.2, 0) is 0 Å². The number of rotatable bonds is 2. The minimum Gasteiger partial charge on any atom is -0.397 e. The molecule has 13 heavy (non-hydrogen) atoms. The Morgan fingerprint density at radius 3 is 2.69 bits per heavy atom. The zero-order valence-electron chi connectivity index (χ0n) is 6.30. The van der Waals surface area contributed by atoms with Gasteiger partial charge in [0, 0.05) is 0 Å². The molecule has 1 heterocycles. The van der Waals surface area contributed by atoms with E-state index in [1.165, 1.54) is 0 Å². The number of anilines is 1. The fourth-order valence-corrected chi connectivity index (χ4v) is 1.36. The van der Waals surface area contributed by atoms with Crippen molar-refractivity contribution in [1.82, 2.24) is 4.98 Å². The summed E-state index contributed by atoms with van der Waals surface area (Å²) in [4.78, 5) is 13.9. The van der Waals surface area contributed by atoms with E-state index < -0.39 is 12.1 Å². The summed E-state index contributed by atoms with van der Waals surface area (Å²) in [5, 5.41) is 0. The van der Waals surface area contributed by atoms with E-state index in [2.05, 4.69) is 4.98 Å². The van der Waals surface area contributed by atoms with E-state index >= 15 is 0 Å². The minimum absolute atomic E-state index is 0.129. The zero-order valence-corrected chi connectivity index (χ0v) is 8.46.